The number of aromatic nitrogens is 2. The number of hydrogen-bond donors (Lipinski definition) is 2. The molecule has 2 aromatic rings. The van der Waals surface area contributed by atoms with E-state index in [4.69, 9.17) is 27.5 Å². The monoisotopic (exact) mass is 462 g/mol. The average Bonchev–Trinajstić information content (AvgIpc) is 3.25. The van der Waals surface area contributed by atoms with Crippen molar-refractivity contribution in [3.05, 3.63) is 35.9 Å². The molecule has 2 aliphatic rings. The molecule has 176 valence electrons. The summed E-state index contributed by atoms with van der Waals surface area (Å²) in [5, 5.41) is 7.80. The van der Waals surface area contributed by atoms with Gasteiger partial charge in [-0.3, -0.25) is 9.59 Å². The van der Waals surface area contributed by atoms with Gasteiger partial charge in [-0.05, 0) is 50.2 Å². The lowest BCUT2D eigenvalue weighted by molar-refractivity contribution is -0.127. The van der Waals surface area contributed by atoms with E-state index in [1.165, 1.54) is 6.08 Å². The number of hydrogen-bond acceptors (Lipinski definition) is 6. The molecule has 33 heavy (non-hydrogen) atoms. The predicted octanol–water partition coefficient (Wildman–Crippen LogP) is 2.76. The van der Waals surface area contributed by atoms with Gasteiger partial charge in [-0.15, -0.1) is 0 Å². The number of ether oxygens (including phenoxy) is 2. The number of nitrogens with two attached hydrogens (primary N) is 1. The van der Waals surface area contributed by atoms with Gasteiger partial charge >= 0.3 is 0 Å². The summed E-state index contributed by atoms with van der Waals surface area (Å²) in [5.41, 5.74) is 4.87. The highest BCUT2D eigenvalue weighted by atomic mass is 16.5. The molecule has 2 amide bonds. The largest absolute Gasteiger partial charge is 0.496 e. The van der Waals surface area contributed by atoms with E-state index in [1.54, 1.807) is 9.58 Å². The second kappa shape index (κ2) is 9.17. The van der Waals surface area contributed by atoms with E-state index in [2.05, 4.69) is 17.0 Å². The van der Waals surface area contributed by atoms with Crippen LogP contribution < -0.4 is 20.5 Å². The molecular weight excluding hydrogens is 422 g/mol. The number of carbonyl (C=O) groups excluding carboxylic acids is 2. The van der Waals surface area contributed by atoms with Crippen molar-refractivity contribution in [2.45, 2.75) is 32.2 Å². The highest BCUT2D eigenvalue weighted by Crippen LogP contribution is 2.42. The van der Waals surface area contributed by atoms with Gasteiger partial charge in [-0.2, -0.15) is 5.10 Å². The molecule has 1 fully saturated rings. The van der Waals surface area contributed by atoms with Crippen LogP contribution in [-0.2, 0) is 4.79 Å². The summed E-state index contributed by atoms with van der Waals surface area (Å²) in [4.78, 5) is 26.5. The number of benzene rings is 1. The van der Waals surface area contributed by atoms with Gasteiger partial charge in [0, 0.05) is 34.9 Å². The topological polar surface area (TPSA) is 112 Å². The van der Waals surface area contributed by atoms with Crippen LogP contribution in [0.15, 0.2) is 24.8 Å². The zero-order valence-corrected chi connectivity index (χ0v) is 17.9. The van der Waals surface area contributed by atoms with Crippen molar-refractivity contribution in [1.82, 2.24) is 14.7 Å². The highest BCUT2D eigenvalue weighted by Gasteiger charge is 2.36. The van der Waals surface area contributed by atoms with Gasteiger partial charge in [0.2, 0.25) is 5.91 Å². The zero-order valence-electron chi connectivity index (χ0n) is 26.9. The summed E-state index contributed by atoms with van der Waals surface area (Å²) < 4.78 is 80.7. The first kappa shape index (κ1) is 13.9. The van der Waals surface area contributed by atoms with Gasteiger partial charge in [0.1, 0.15) is 28.6 Å². The van der Waals surface area contributed by atoms with Crippen molar-refractivity contribution in [2.75, 3.05) is 39.0 Å². The number of anilines is 1. The smallest absolute Gasteiger partial charge is 0.254 e. The molecule has 2 aliphatic heterocycles. The van der Waals surface area contributed by atoms with E-state index in [0.717, 1.165) is 12.1 Å². The van der Waals surface area contributed by atoms with Crippen LogP contribution in [0.25, 0.3) is 11.3 Å². The Bertz CT molecular complexity index is 1340. The van der Waals surface area contributed by atoms with E-state index >= 15 is 0 Å². The second-order valence-electron chi connectivity index (χ2n) is 8.08. The molecule has 1 aromatic carbocycles. The van der Waals surface area contributed by atoms with E-state index < -0.39 is 43.9 Å². The molecule has 1 atom stereocenters. The van der Waals surface area contributed by atoms with Gasteiger partial charge in [0.15, 0.2) is 0 Å². The number of piperidine rings is 1. The van der Waals surface area contributed by atoms with Crippen LogP contribution in [0, 0.1) is 12.8 Å². The fourth-order valence-corrected chi connectivity index (χ4v) is 4.70. The van der Waals surface area contributed by atoms with Crippen LogP contribution in [0.4, 0.5) is 5.82 Å². The summed E-state index contributed by atoms with van der Waals surface area (Å²) in [6, 6.07) is 1.94. The van der Waals surface area contributed by atoms with E-state index in [9.17, 15) is 9.59 Å². The molecular formula is C24H31N5O4. The molecule has 3 heterocycles. The maximum Gasteiger partial charge on any atom is 0.254 e. The van der Waals surface area contributed by atoms with Crippen LogP contribution in [0.1, 0.15) is 53.6 Å². The molecule has 0 radical (unpaired) electrons. The second-order valence-corrected chi connectivity index (χ2v) is 8.08. The Balaban J connectivity index is 1.86. The Labute approximate surface area is 206 Å². The van der Waals surface area contributed by atoms with Crippen LogP contribution in [-0.4, -0.2) is 60.2 Å². The molecule has 1 saturated heterocycles. The Morgan fingerprint density at radius 2 is 1.94 bits per heavy atom. The van der Waals surface area contributed by atoms with Crippen molar-refractivity contribution in [3.8, 4) is 22.8 Å². The van der Waals surface area contributed by atoms with Crippen LogP contribution >= 0.6 is 0 Å². The molecule has 1 unspecified atom stereocenters. The molecule has 9 heteroatoms. The van der Waals surface area contributed by atoms with Crippen LogP contribution in [0.3, 0.4) is 0 Å². The number of methoxy groups -OCH3 is 2. The number of rotatable bonds is 6. The third-order valence-corrected chi connectivity index (χ3v) is 6.33. The first-order valence-electron chi connectivity index (χ1n) is 15.0. The van der Waals surface area contributed by atoms with E-state index in [0.29, 0.717) is 44.7 Å². The standard InChI is InChI=1S/C24H31N5O4/c1-5-20(30)28-10-7-15(8-11-28)17-6-9-26-24-21(23(25)31)22(27-29(17)24)16-12-18(32-3)14(2)19(13-16)33-4/h5,12-13,15,17,26H,1,6-11H2,2-4H3,(H2,25,31)/i2D3,3D3,4D3. The summed E-state index contributed by atoms with van der Waals surface area (Å²) in [5.74, 6) is -1.98. The SMILES string of the molecule is [2H]C([2H])([2H])Oc1cc(-c2nn3c(c2C(N)=O)NCCC3C2CCN(C(=O)C=C)CC2)cc(OC([2H])([2H])[2H])c1C([2H])([2H])[2H]. The summed E-state index contributed by atoms with van der Waals surface area (Å²) in [6.07, 6.45) is 3.26. The van der Waals surface area contributed by atoms with E-state index in [-0.39, 0.29) is 34.7 Å². The number of nitrogens with zero attached hydrogens (tertiary/aromatic N) is 3. The molecule has 9 nitrogen and oxygen atoms in total. The molecule has 0 saturated carbocycles. The van der Waals surface area contributed by atoms with Crippen LogP contribution in [0.5, 0.6) is 11.5 Å². The van der Waals surface area contributed by atoms with E-state index in [1.807, 2.05) is 0 Å². The first-order chi connectivity index (χ1) is 19.4. The third kappa shape index (κ3) is 4.03. The zero-order chi connectivity index (χ0) is 31.2. The van der Waals surface area contributed by atoms with Crippen molar-refractivity contribution in [2.24, 2.45) is 11.7 Å². The number of carbonyl (C=O) groups is 2. The molecule has 3 N–H and O–H groups in total. The fraction of sp³-hybridized carbons (Fsp3) is 0.458. The average molecular weight is 463 g/mol. The van der Waals surface area contributed by atoms with Gasteiger partial charge in [-0.25, -0.2) is 4.68 Å². The molecule has 0 aliphatic carbocycles. The number of amides is 2. The molecule has 0 bridgehead atoms. The Morgan fingerprint density at radius 3 is 2.52 bits per heavy atom. The maximum absolute atomic E-state index is 12.8. The number of likely N-dealkylation sites (tertiary alicyclic amines) is 1. The van der Waals surface area contributed by atoms with Gasteiger partial charge in [-0.1, -0.05) is 6.58 Å². The first-order valence-corrected chi connectivity index (χ1v) is 10.5. The lowest BCUT2D eigenvalue weighted by Gasteiger charge is -2.38. The normalized spacial score (nSPS) is 23.5. The number of primary amides is 1. The Kier molecular flexibility index (Phi) is 3.87. The third-order valence-electron chi connectivity index (χ3n) is 6.33. The van der Waals surface area contributed by atoms with Gasteiger partial charge < -0.3 is 25.4 Å². The minimum absolute atomic E-state index is 0.0378. The molecule has 1 aromatic heterocycles. The quantitative estimate of drug-likeness (QED) is 0.639. The van der Waals surface area contributed by atoms with Crippen molar-refractivity contribution in [1.29, 1.82) is 0 Å². The Hall–Kier alpha value is -3.49. The number of fused-ring (bicyclic) bond motifs is 1. The Morgan fingerprint density at radius 1 is 1.24 bits per heavy atom. The minimum atomic E-state index is -3.11. The van der Waals surface area contributed by atoms with Gasteiger partial charge in [0.25, 0.3) is 5.91 Å². The summed E-state index contributed by atoms with van der Waals surface area (Å²) in [7, 11) is -6.21. The fourth-order valence-electron chi connectivity index (χ4n) is 4.70. The van der Waals surface area contributed by atoms with Crippen LogP contribution in [0.2, 0.25) is 0 Å². The summed E-state index contributed by atoms with van der Waals surface area (Å²) in [6.45, 7) is 2.03. The van der Waals surface area contributed by atoms with Crippen molar-refractivity contribution >= 4 is 17.6 Å². The minimum Gasteiger partial charge on any atom is -0.496 e. The molecule has 4 rings (SSSR count). The van der Waals surface area contributed by atoms with Crippen molar-refractivity contribution < 1.29 is 31.4 Å². The lowest BCUT2D eigenvalue weighted by Crippen LogP contribution is -2.41. The predicted molar refractivity (Wildman–Crippen MR) is 126 cm³/mol. The van der Waals surface area contributed by atoms with Gasteiger partial charge in [0.05, 0.1) is 28.3 Å². The highest BCUT2D eigenvalue weighted by molar-refractivity contribution is 6.04. The summed E-state index contributed by atoms with van der Waals surface area (Å²) >= 11 is 0. The lowest BCUT2D eigenvalue weighted by atomic mass is 9.87. The van der Waals surface area contributed by atoms with Crippen molar-refractivity contribution in [3.63, 3.8) is 0 Å². The number of nitrogens with one attached hydrogen (secondary N) is 1. The maximum atomic E-state index is 12.8. The molecule has 0 spiro atoms.